The van der Waals surface area contributed by atoms with Gasteiger partial charge in [-0.05, 0) is 12.5 Å². The monoisotopic (exact) mass is 244 g/mol. The number of anilines is 1. The molecular formula is C11H14ClFN2O. The molecule has 0 atom stereocenters. The zero-order valence-corrected chi connectivity index (χ0v) is 9.71. The second-order valence-corrected chi connectivity index (χ2v) is 3.99. The van der Waals surface area contributed by atoms with Gasteiger partial charge in [0.25, 0.3) is 0 Å². The highest BCUT2D eigenvalue weighted by Crippen LogP contribution is 2.21. The predicted molar refractivity (Wildman–Crippen MR) is 61.4 cm³/mol. The molecule has 16 heavy (non-hydrogen) atoms. The molecule has 2 heterocycles. The minimum Gasteiger partial charge on any atom is -0.380 e. The number of hydrogen-bond donors (Lipinski definition) is 0. The average molecular weight is 245 g/mol. The van der Waals surface area contributed by atoms with E-state index in [-0.39, 0.29) is 11.7 Å². The molecule has 0 saturated carbocycles. The lowest BCUT2D eigenvalue weighted by atomic mass is 10.2. The van der Waals surface area contributed by atoms with Crippen LogP contribution in [0.3, 0.4) is 0 Å². The maximum absolute atomic E-state index is 13.0. The molecule has 1 aliphatic heterocycles. The first-order chi connectivity index (χ1) is 7.81. The van der Waals surface area contributed by atoms with Crippen LogP contribution in [0, 0.1) is 5.82 Å². The van der Waals surface area contributed by atoms with Gasteiger partial charge in [0, 0.05) is 25.3 Å². The summed E-state index contributed by atoms with van der Waals surface area (Å²) < 4.78 is 18.4. The van der Waals surface area contributed by atoms with E-state index in [1.807, 2.05) is 0 Å². The highest BCUT2D eigenvalue weighted by atomic mass is 35.5. The lowest BCUT2D eigenvalue weighted by Gasteiger charge is -2.22. The third kappa shape index (κ3) is 2.62. The quantitative estimate of drug-likeness (QED) is 0.746. The normalized spacial score (nSPS) is 17.2. The number of halogens is 2. The smallest absolute Gasteiger partial charge is 0.141 e. The fourth-order valence-electron chi connectivity index (χ4n) is 1.81. The Bertz CT molecular complexity index is 354. The summed E-state index contributed by atoms with van der Waals surface area (Å²) in [5.74, 6) is 0.713. The molecule has 0 radical (unpaired) electrons. The Balaban J connectivity index is 2.23. The first-order valence-corrected chi connectivity index (χ1v) is 5.88. The van der Waals surface area contributed by atoms with E-state index in [1.54, 1.807) is 0 Å². The molecule has 0 bridgehead atoms. The van der Waals surface area contributed by atoms with Gasteiger partial charge in [-0.1, -0.05) is 0 Å². The lowest BCUT2D eigenvalue weighted by Crippen LogP contribution is -2.27. The number of ether oxygens (including phenoxy) is 1. The summed E-state index contributed by atoms with van der Waals surface area (Å²) in [4.78, 5) is 6.23. The number of rotatable bonds is 2. The van der Waals surface area contributed by atoms with E-state index in [4.69, 9.17) is 16.3 Å². The minimum atomic E-state index is -0.342. The maximum Gasteiger partial charge on any atom is 0.141 e. The van der Waals surface area contributed by atoms with Crippen LogP contribution in [0.2, 0.25) is 0 Å². The molecule has 1 aromatic rings. The molecule has 0 spiro atoms. The number of nitrogens with zero attached hydrogens (tertiary/aromatic N) is 2. The Morgan fingerprint density at radius 2 is 2.31 bits per heavy atom. The third-order valence-electron chi connectivity index (χ3n) is 2.58. The zero-order valence-electron chi connectivity index (χ0n) is 8.96. The maximum atomic E-state index is 13.0. The molecule has 0 unspecified atom stereocenters. The Morgan fingerprint density at radius 1 is 1.44 bits per heavy atom. The molecule has 0 N–H and O–H groups in total. The summed E-state index contributed by atoms with van der Waals surface area (Å²) >= 11 is 5.80. The molecule has 0 aliphatic carbocycles. The van der Waals surface area contributed by atoms with Crippen LogP contribution < -0.4 is 4.90 Å². The lowest BCUT2D eigenvalue weighted by molar-refractivity contribution is 0.152. The molecule has 88 valence electrons. The fraction of sp³-hybridized carbons (Fsp3) is 0.545. The van der Waals surface area contributed by atoms with Crippen molar-refractivity contribution < 1.29 is 9.13 Å². The van der Waals surface area contributed by atoms with E-state index in [2.05, 4.69) is 9.88 Å². The second kappa shape index (κ2) is 5.46. The van der Waals surface area contributed by atoms with Crippen molar-refractivity contribution in [2.45, 2.75) is 12.3 Å². The fourth-order valence-corrected chi connectivity index (χ4v) is 2.01. The largest absolute Gasteiger partial charge is 0.380 e. The highest BCUT2D eigenvalue weighted by molar-refractivity contribution is 6.17. The predicted octanol–water partition coefficient (Wildman–Crippen LogP) is 2.19. The van der Waals surface area contributed by atoms with Gasteiger partial charge in [0.05, 0.1) is 18.7 Å². The summed E-state index contributed by atoms with van der Waals surface area (Å²) in [6.45, 7) is 3.11. The van der Waals surface area contributed by atoms with Gasteiger partial charge in [0.1, 0.15) is 11.6 Å². The van der Waals surface area contributed by atoms with Crippen LogP contribution in [-0.2, 0) is 10.6 Å². The van der Waals surface area contributed by atoms with Crippen LogP contribution in [0.15, 0.2) is 12.3 Å². The summed E-state index contributed by atoms with van der Waals surface area (Å²) in [6, 6.07) is 1.45. The molecule has 2 rings (SSSR count). The number of aromatic nitrogens is 1. The molecule has 1 aliphatic rings. The van der Waals surface area contributed by atoms with Gasteiger partial charge in [-0.3, -0.25) is 0 Å². The van der Waals surface area contributed by atoms with Crippen LogP contribution in [0.1, 0.15) is 12.0 Å². The molecule has 5 heteroatoms. The van der Waals surface area contributed by atoms with Crippen LogP contribution in [0.4, 0.5) is 10.2 Å². The Kier molecular flexibility index (Phi) is 3.96. The van der Waals surface area contributed by atoms with Crippen molar-refractivity contribution >= 4 is 17.4 Å². The first kappa shape index (κ1) is 11.6. The van der Waals surface area contributed by atoms with Gasteiger partial charge in [-0.2, -0.15) is 0 Å². The van der Waals surface area contributed by atoms with Crippen molar-refractivity contribution in [3.63, 3.8) is 0 Å². The van der Waals surface area contributed by atoms with Crippen LogP contribution in [0.5, 0.6) is 0 Å². The summed E-state index contributed by atoms with van der Waals surface area (Å²) in [6.07, 6.45) is 2.19. The highest BCUT2D eigenvalue weighted by Gasteiger charge is 2.15. The Hall–Kier alpha value is -0.870. The van der Waals surface area contributed by atoms with Crippen LogP contribution in [0.25, 0.3) is 0 Å². The summed E-state index contributed by atoms with van der Waals surface area (Å²) in [5, 5.41) is 0. The standard InChI is InChI=1S/C11H14ClFN2O/c12-7-9-6-10(13)8-14-11(9)15-2-1-4-16-5-3-15/h6,8H,1-5,7H2. The minimum absolute atomic E-state index is 0.275. The van der Waals surface area contributed by atoms with E-state index < -0.39 is 0 Å². The van der Waals surface area contributed by atoms with Gasteiger partial charge in [0.15, 0.2) is 0 Å². The van der Waals surface area contributed by atoms with Gasteiger partial charge < -0.3 is 9.64 Å². The number of alkyl halides is 1. The van der Waals surface area contributed by atoms with E-state index in [0.29, 0.717) is 6.61 Å². The van der Waals surface area contributed by atoms with E-state index in [9.17, 15) is 4.39 Å². The number of pyridine rings is 1. The molecule has 1 fully saturated rings. The van der Waals surface area contributed by atoms with Crippen LogP contribution >= 0.6 is 11.6 Å². The van der Waals surface area contributed by atoms with Gasteiger partial charge in [-0.25, -0.2) is 9.37 Å². The molecule has 3 nitrogen and oxygen atoms in total. The SMILES string of the molecule is Fc1cnc(N2CCCOCC2)c(CCl)c1. The third-order valence-corrected chi connectivity index (χ3v) is 2.86. The number of hydrogen-bond acceptors (Lipinski definition) is 3. The van der Waals surface area contributed by atoms with E-state index in [1.165, 1.54) is 12.3 Å². The van der Waals surface area contributed by atoms with Crippen molar-refractivity contribution in [1.29, 1.82) is 0 Å². The van der Waals surface area contributed by atoms with E-state index >= 15 is 0 Å². The average Bonchev–Trinajstić information content (AvgIpc) is 2.57. The first-order valence-electron chi connectivity index (χ1n) is 5.34. The van der Waals surface area contributed by atoms with Crippen molar-refractivity contribution in [3.8, 4) is 0 Å². The van der Waals surface area contributed by atoms with Crippen molar-refractivity contribution in [2.75, 3.05) is 31.2 Å². The van der Waals surface area contributed by atoms with E-state index in [0.717, 1.165) is 37.5 Å². The summed E-state index contributed by atoms with van der Waals surface area (Å²) in [5.41, 5.74) is 0.739. The van der Waals surface area contributed by atoms with Crippen LogP contribution in [-0.4, -0.2) is 31.3 Å². The topological polar surface area (TPSA) is 25.4 Å². The van der Waals surface area contributed by atoms with Crippen molar-refractivity contribution in [2.24, 2.45) is 0 Å². The van der Waals surface area contributed by atoms with Crippen molar-refractivity contribution in [3.05, 3.63) is 23.6 Å². The Morgan fingerprint density at radius 3 is 3.12 bits per heavy atom. The zero-order chi connectivity index (χ0) is 11.4. The summed E-state index contributed by atoms with van der Waals surface area (Å²) in [7, 11) is 0. The molecule has 1 saturated heterocycles. The van der Waals surface area contributed by atoms with Crippen molar-refractivity contribution in [1.82, 2.24) is 4.98 Å². The molecule has 0 aromatic carbocycles. The van der Waals surface area contributed by atoms with Gasteiger partial charge >= 0.3 is 0 Å². The molecule has 1 aromatic heterocycles. The van der Waals surface area contributed by atoms with Gasteiger partial charge in [-0.15, -0.1) is 11.6 Å². The molecule has 0 amide bonds. The molecular weight excluding hydrogens is 231 g/mol. The Labute approximate surface area is 99.2 Å². The van der Waals surface area contributed by atoms with Gasteiger partial charge in [0.2, 0.25) is 0 Å². The second-order valence-electron chi connectivity index (χ2n) is 3.72.